The molecule has 6 heteroatoms. The van der Waals surface area contributed by atoms with Crippen molar-refractivity contribution in [3.05, 3.63) is 57.6 Å². The summed E-state index contributed by atoms with van der Waals surface area (Å²) in [6, 6.07) is 11.8. The average Bonchev–Trinajstić information content (AvgIpc) is 2.41. The van der Waals surface area contributed by atoms with Crippen LogP contribution < -0.4 is 0 Å². The molecule has 0 unspecified atom stereocenters. The molecule has 0 amide bonds. The second-order valence-corrected chi connectivity index (χ2v) is 5.70. The predicted molar refractivity (Wildman–Crippen MR) is 78.7 cm³/mol. The molecule has 0 aliphatic carbocycles. The zero-order valence-electron chi connectivity index (χ0n) is 9.93. The van der Waals surface area contributed by atoms with E-state index < -0.39 is 5.97 Å². The van der Waals surface area contributed by atoms with E-state index in [1.165, 1.54) is 23.9 Å². The summed E-state index contributed by atoms with van der Waals surface area (Å²) in [4.78, 5) is 12.4. The molecule has 0 aliphatic rings. The molecule has 0 spiro atoms. The summed E-state index contributed by atoms with van der Waals surface area (Å²) in [5.41, 5.74) is 0.392. The second-order valence-electron chi connectivity index (χ2n) is 3.77. The van der Waals surface area contributed by atoms with E-state index in [2.05, 4.69) is 0 Å². The quantitative estimate of drug-likeness (QED) is 0.888. The van der Waals surface area contributed by atoms with E-state index >= 15 is 0 Å². The van der Waals surface area contributed by atoms with Gasteiger partial charge in [0.2, 0.25) is 0 Å². The molecule has 3 nitrogen and oxygen atoms in total. The van der Waals surface area contributed by atoms with Crippen LogP contribution >= 0.6 is 35.0 Å². The van der Waals surface area contributed by atoms with Gasteiger partial charge in [-0.3, -0.25) is 0 Å². The van der Waals surface area contributed by atoms with E-state index in [0.29, 0.717) is 20.4 Å². The first-order valence-corrected chi connectivity index (χ1v) is 6.99. The lowest BCUT2D eigenvalue weighted by molar-refractivity contribution is 0.0697. The number of halogens is 2. The largest absolute Gasteiger partial charge is 0.478 e. The summed E-state index contributed by atoms with van der Waals surface area (Å²) in [7, 11) is 0. The van der Waals surface area contributed by atoms with Gasteiger partial charge in [-0.25, -0.2) is 4.79 Å². The van der Waals surface area contributed by atoms with E-state index in [4.69, 9.17) is 33.6 Å². The lowest BCUT2D eigenvalue weighted by Crippen LogP contribution is -1.97. The van der Waals surface area contributed by atoms with Gasteiger partial charge in [0.1, 0.15) is 6.07 Å². The lowest BCUT2D eigenvalue weighted by atomic mass is 10.2. The summed E-state index contributed by atoms with van der Waals surface area (Å²) in [6.07, 6.45) is 0. The van der Waals surface area contributed by atoms with Gasteiger partial charge in [-0.2, -0.15) is 5.26 Å². The molecule has 1 N–H and O–H groups in total. The SMILES string of the molecule is N#Cc1c(Cl)cccc1Sc1ccc(Cl)c(C(=O)O)c1. The zero-order valence-corrected chi connectivity index (χ0v) is 12.3. The summed E-state index contributed by atoms with van der Waals surface area (Å²) in [5.74, 6) is -1.09. The van der Waals surface area contributed by atoms with Gasteiger partial charge in [-0.15, -0.1) is 0 Å². The third kappa shape index (κ3) is 3.07. The Morgan fingerprint density at radius 3 is 2.60 bits per heavy atom. The molecule has 0 fully saturated rings. The van der Waals surface area contributed by atoms with Crippen molar-refractivity contribution in [1.82, 2.24) is 0 Å². The second kappa shape index (κ2) is 6.19. The maximum Gasteiger partial charge on any atom is 0.337 e. The Morgan fingerprint density at radius 1 is 1.20 bits per heavy atom. The van der Waals surface area contributed by atoms with Gasteiger partial charge < -0.3 is 5.11 Å². The van der Waals surface area contributed by atoms with Crippen LogP contribution in [0.15, 0.2) is 46.2 Å². The van der Waals surface area contributed by atoms with Crippen molar-refractivity contribution in [3.63, 3.8) is 0 Å². The van der Waals surface area contributed by atoms with Crippen molar-refractivity contribution in [2.24, 2.45) is 0 Å². The number of carbonyl (C=O) groups is 1. The van der Waals surface area contributed by atoms with E-state index in [1.54, 1.807) is 24.3 Å². The molecule has 20 heavy (non-hydrogen) atoms. The molecule has 0 aromatic heterocycles. The summed E-state index contributed by atoms with van der Waals surface area (Å²) in [5, 5.41) is 18.7. The number of nitriles is 1. The Hall–Kier alpha value is -1.67. The summed E-state index contributed by atoms with van der Waals surface area (Å²) in [6.45, 7) is 0. The van der Waals surface area contributed by atoms with Crippen molar-refractivity contribution in [3.8, 4) is 6.07 Å². The zero-order chi connectivity index (χ0) is 14.7. The molecule has 0 atom stereocenters. The van der Waals surface area contributed by atoms with E-state index in [9.17, 15) is 4.79 Å². The summed E-state index contributed by atoms with van der Waals surface area (Å²) >= 11 is 13.0. The van der Waals surface area contributed by atoms with Gasteiger partial charge in [0, 0.05) is 9.79 Å². The number of nitrogens with zero attached hydrogens (tertiary/aromatic N) is 1. The van der Waals surface area contributed by atoms with Crippen molar-refractivity contribution in [2.75, 3.05) is 0 Å². The van der Waals surface area contributed by atoms with E-state index in [-0.39, 0.29) is 10.6 Å². The highest BCUT2D eigenvalue weighted by Crippen LogP contribution is 2.34. The number of carboxylic acid groups (broad SMARTS) is 1. The molecule has 2 aromatic rings. The Bertz CT molecular complexity index is 726. The van der Waals surface area contributed by atoms with Gasteiger partial charge in [-0.1, -0.05) is 41.0 Å². The maximum atomic E-state index is 11.0. The van der Waals surface area contributed by atoms with Crippen molar-refractivity contribution < 1.29 is 9.90 Å². The number of benzene rings is 2. The highest BCUT2D eigenvalue weighted by Gasteiger charge is 2.12. The first-order valence-electron chi connectivity index (χ1n) is 5.42. The molecule has 0 radical (unpaired) electrons. The summed E-state index contributed by atoms with van der Waals surface area (Å²) < 4.78 is 0. The molecule has 2 aromatic carbocycles. The number of rotatable bonds is 3. The molecular weight excluding hydrogens is 317 g/mol. The number of aromatic carboxylic acids is 1. The Balaban J connectivity index is 2.41. The molecule has 0 aliphatic heterocycles. The smallest absolute Gasteiger partial charge is 0.337 e. The molecule has 2 rings (SSSR count). The van der Waals surface area contributed by atoms with Crippen LogP contribution in [0.4, 0.5) is 0 Å². The lowest BCUT2D eigenvalue weighted by Gasteiger charge is -2.07. The van der Waals surface area contributed by atoms with Gasteiger partial charge in [0.15, 0.2) is 0 Å². The standard InChI is InChI=1S/C14H7Cl2NO2S/c15-11-2-1-3-13(10(11)7-17)20-8-4-5-12(16)9(6-8)14(18)19/h1-6H,(H,18,19). The van der Waals surface area contributed by atoms with Crippen molar-refractivity contribution in [1.29, 1.82) is 5.26 Å². The first kappa shape index (κ1) is 14.7. The molecular formula is C14H7Cl2NO2S. The monoisotopic (exact) mass is 323 g/mol. The fourth-order valence-electron chi connectivity index (χ4n) is 1.56. The van der Waals surface area contributed by atoms with E-state index in [0.717, 1.165) is 0 Å². The minimum Gasteiger partial charge on any atom is -0.478 e. The Labute approximate surface area is 129 Å². The Morgan fingerprint density at radius 2 is 1.95 bits per heavy atom. The fourth-order valence-corrected chi connectivity index (χ4v) is 3.00. The topological polar surface area (TPSA) is 61.1 Å². The highest BCUT2D eigenvalue weighted by atomic mass is 35.5. The van der Waals surface area contributed by atoms with Crippen LogP contribution in [0.3, 0.4) is 0 Å². The molecule has 0 heterocycles. The van der Waals surface area contributed by atoms with Crippen LogP contribution in [-0.2, 0) is 0 Å². The van der Waals surface area contributed by atoms with Gasteiger partial charge in [0.25, 0.3) is 0 Å². The Kier molecular flexibility index (Phi) is 4.56. The van der Waals surface area contributed by atoms with Crippen molar-refractivity contribution in [2.45, 2.75) is 9.79 Å². The van der Waals surface area contributed by atoms with E-state index in [1.807, 2.05) is 6.07 Å². The highest BCUT2D eigenvalue weighted by molar-refractivity contribution is 7.99. The van der Waals surface area contributed by atoms with Gasteiger partial charge >= 0.3 is 5.97 Å². The average molecular weight is 324 g/mol. The number of hydrogen-bond donors (Lipinski definition) is 1. The van der Waals surface area contributed by atoms with Crippen LogP contribution in [0, 0.1) is 11.3 Å². The van der Waals surface area contributed by atoms with Gasteiger partial charge in [-0.05, 0) is 30.3 Å². The van der Waals surface area contributed by atoms with Crippen LogP contribution in [0.2, 0.25) is 10.0 Å². The van der Waals surface area contributed by atoms with Crippen LogP contribution in [-0.4, -0.2) is 11.1 Å². The predicted octanol–water partition coefficient (Wildman–Crippen LogP) is 4.71. The molecule has 0 bridgehead atoms. The third-order valence-electron chi connectivity index (χ3n) is 2.48. The van der Waals surface area contributed by atoms with Crippen molar-refractivity contribution >= 4 is 40.9 Å². The fraction of sp³-hybridized carbons (Fsp3) is 0. The molecule has 0 saturated carbocycles. The third-order valence-corrected chi connectivity index (χ3v) is 4.18. The molecule has 100 valence electrons. The normalized spacial score (nSPS) is 10.1. The minimum atomic E-state index is -1.09. The number of carboxylic acids is 1. The van der Waals surface area contributed by atoms with Gasteiger partial charge in [0.05, 0.1) is 21.2 Å². The maximum absolute atomic E-state index is 11.0. The van der Waals surface area contributed by atoms with Crippen LogP contribution in [0.1, 0.15) is 15.9 Å². The van der Waals surface area contributed by atoms with Crippen LogP contribution in [0.5, 0.6) is 0 Å². The first-order chi connectivity index (χ1) is 9.52. The number of hydrogen-bond acceptors (Lipinski definition) is 3. The molecule has 0 saturated heterocycles. The van der Waals surface area contributed by atoms with Crippen LogP contribution in [0.25, 0.3) is 0 Å². The minimum absolute atomic E-state index is 0.0252.